The van der Waals surface area contributed by atoms with Crippen LogP contribution in [0, 0.1) is 0 Å². The quantitative estimate of drug-likeness (QED) is 0.575. The lowest BCUT2D eigenvalue weighted by molar-refractivity contribution is -0.0877. The Morgan fingerprint density at radius 3 is 2.14 bits per heavy atom. The summed E-state index contributed by atoms with van der Waals surface area (Å²) >= 11 is 1.48. The van der Waals surface area contributed by atoms with Crippen molar-refractivity contribution >= 4 is 17.1 Å². The van der Waals surface area contributed by atoms with Gasteiger partial charge in [-0.3, -0.25) is 4.79 Å². The smallest absolute Gasteiger partial charge is 0.169 e. The second-order valence-electron chi connectivity index (χ2n) is 2.57. The van der Waals surface area contributed by atoms with Crippen LogP contribution in [-0.4, -0.2) is 26.3 Å². The molecule has 0 N–H and O–H groups in total. The number of hydrogen-bond donors (Lipinski definition) is 0. The molecule has 1 rings (SSSR count). The van der Waals surface area contributed by atoms with Gasteiger partial charge in [0, 0.05) is 14.2 Å². The molecule has 80 valence electrons. The van der Waals surface area contributed by atoms with E-state index in [2.05, 4.69) is 9.47 Å². The third-order valence-electron chi connectivity index (χ3n) is 1.53. The number of carbonyl (C=O) groups excluding carboxylic acids is 1. The summed E-state index contributed by atoms with van der Waals surface area (Å²) in [6.07, 6.45) is -0.0648. The topological polar surface area (TPSA) is 35.5 Å². The van der Waals surface area contributed by atoms with Gasteiger partial charge in [0.15, 0.2) is 12.1 Å². The first-order chi connectivity index (χ1) is 6.61. The Labute approximate surface area is 88.7 Å². The third-order valence-corrected chi connectivity index (χ3v) is 2.50. The molecular weight excluding hydrogens is 200 g/mol. The van der Waals surface area contributed by atoms with Gasteiger partial charge in [-0.15, -0.1) is 11.3 Å². The largest absolute Gasteiger partial charge is 0.356 e. The van der Waals surface area contributed by atoms with Gasteiger partial charge in [0.1, 0.15) is 0 Å². The minimum Gasteiger partial charge on any atom is -0.356 e. The zero-order valence-corrected chi connectivity index (χ0v) is 9.76. The van der Waals surface area contributed by atoms with E-state index in [1.165, 1.54) is 11.3 Å². The number of ether oxygens (including phenoxy) is 2. The van der Waals surface area contributed by atoms with Crippen LogP contribution in [0.3, 0.4) is 0 Å². The van der Waals surface area contributed by atoms with Gasteiger partial charge in [0.2, 0.25) is 0 Å². The molecule has 0 amide bonds. The van der Waals surface area contributed by atoms with Gasteiger partial charge >= 0.3 is 0 Å². The number of rotatable bonds is 3. The van der Waals surface area contributed by atoms with E-state index in [1.54, 1.807) is 21.1 Å². The lowest BCUT2D eigenvalue weighted by Gasteiger charge is -2.03. The minimum absolute atomic E-state index is 0.0648. The Bertz CT molecular complexity index is 240. The summed E-state index contributed by atoms with van der Waals surface area (Å²) in [6.45, 7) is 3.41. The average molecular weight is 216 g/mol. The molecule has 4 heteroatoms. The van der Waals surface area contributed by atoms with Crippen molar-refractivity contribution in [2.45, 2.75) is 20.1 Å². The number of thiophene rings is 1. The molecular formula is C10H16O3S. The number of carbonyl (C=O) groups is 1. The first-order valence-corrected chi connectivity index (χ1v) is 5.09. The Hall–Kier alpha value is -0.710. The third kappa shape index (κ3) is 5.85. The average Bonchev–Trinajstić information content (AvgIpc) is 2.70. The highest BCUT2D eigenvalue weighted by atomic mass is 32.1. The molecule has 0 saturated heterocycles. The minimum atomic E-state index is -0.0648. The van der Waals surface area contributed by atoms with Crippen molar-refractivity contribution < 1.29 is 14.3 Å². The summed E-state index contributed by atoms with van der Waals surface area (Å²) in [4.78, 5) is 11.4. The van der Waals surface area contributed by atoms with Crippen molar-refractivity contribution in [3.8, 4) is 0 Å². The molecule has 1 aromatic heterocycles. The molecule has 1 aromatic rings. The lowest BCUT2D eigenvalue weighted by atomic mass is 10.4. The van der Waals surface area contributed by atoms with Crippen molar-refractivity contribution in [3.05, 3.63) is 22.4 Å². The lowest BCUT2D eigenvalue weighted by Crippen LogP contribution is -2.05. The molecule has 0 atom stereocenters. The maximum Gasteiger partial charge on any atom is 0.169 e. The van der Waals surface area contributed by atoms with E-state index in [4.69, 9.17) is 0 Å². The van der Waals surface area contributed by atoms with E-state index >= 15 is 0 Å². The Kier molecular flexibility index (Phi) is 7.28. The van der Waals surface area contributed by atoms with Crippen LogP contribution in [0.2, 0.25) is 0 Å². The number of ketones is 1. The van der Waals surface area contributed by atoms with E-state index in [-0.39, 0.29) is 12.1 Å². The molecule has 0 saturated carbocycles. The van der Waals surface area contributed by atoms with E-state index in [9.17, 15) is 4.79 Å². The van der Waals surface area contributed by atoms with Gasteiger partial charge in [0.25, 0.3) is 0 Å². The second-order valence-corrected chi connectivity index (χ2v) is 3.52. The fourth-order valence-electron chi connectivity index (χ4n) is 0.575. The van der Waals surface area contributed by atoms with E-state index in [0.29, 0.717) is 0 Å². The fraction of sp³-hybridized carbons (Fsp3) is 0.500. The van der Waals surface area contributed by atoms with Crippen LogP contribution < -0.4 is 0 Å². The van der Waals surface area contributed by atoms with Gasteiger partial charge in [-0.25, -0.2) is 0 Å². The molecule has 3 nitrogen and oxygen atoms in total. The molecule has 1 heterocycles. The molecule has 0 spiro atoms. The standard InChI is InChI=1S/C6H6OS.C4H10O2/c1-5(7)6-3-2-4-8-6;1-4(5-2)6-3/h2-4H,1H3;4H,1-3H3. The maximum absolute atomic E-state index is 10.5. The normalized spacial score (nSPS) is 9.50. The molecule has 0 unspecified atom stereocenters. The molecule has 0 bridgehead atoms. The van der Waals surface area contributed by atoms with Crippen LogP contribution in [0.5, 0.6) is 0 Å². The van der Waals surface area contributed by atoms with Crippen LogP contribution in [0.15, 0.2) is 17.5 Å². The predicted octanol–water partition coefficient (Wildman–Crippen LogP) is 2.58. The van der Waals surface area contributed by atoms with Crippen molar-refractivity contribution in [1.82, 2.24) is 0 Å². The SMILES string of the molecule is CC(=O)c1cccs1.COC(C)OC. The monoisotopic (exact) mass is 216 g/mol. The highest BCUT2D eigenvalue weighted by Crippen LogP contribution is 2.07. The molecule has 0 aliphatic heterocycles. The van der Waals surface area contributed by atoms with Crippen molar-refractivity contribution in [1.29, 1.82) is 0 Å². The van der Waals surface area contributed by atoms with Gasteiger partial charge in [-0.05, 0) is 25.3 Å². The molecule has 0 aliphatic carbocycles. The van der Waals surface area contributed by atoms with Crippen LogP contribution in [0.4, 0.5) is 0 Å². The Balaban J connectivity index is 0.000000255. The van der Waals surface area contributed by atoms with Crippen molar-refractivity contribution in [2.24, 2.45) is 0 Å². The van der Waals surface area contributed by atoms with Crippen molar-refractivity contribution in [3.63, 3.8) is 0 Å². The summed E-state index contributed by atoms with van der Waals surface area (Å²) in [5.74, 6) is 0.153. The number of Topliss-reactive ketones (excluding diaryl/α,β-unsaturated/α-hetero) is 1. The van der Waals surface area contributed by atoms with Gasteiger partial charge in [0.05, 0.1) is 4.88 Å². The van der Waals surface area contributed by atoms with Crippen molar-refractivity contribution in [2.75, 3.05) is 14.2 Å². The number of hydrogen-bond acceptors (Lipinski definition) is 4. The second kappa shape index (κ2) is 7.67. The molecule has 0 aliphatic rings. The first kappa shape index (κ1) is 13.3. The van der Waals surface area contributed by atoms with E-state index in [1.807, 2.05) is 24.4 Å². The molecule has 0 radical (unpaired) electrons. The molecule has 0 aromatic carbocycles. The Morgan fingerprint density at radius 1 is 1.43 bits per heavy atom. The first-order valence-electron chi connectivity index (χ1n) is 4.21. The maximum atomic E-state index is 10.5. The Morgan fingerprint density at radius 2 is 2.00 bits per heavy atom. The van der Waals surface area contributed by atoms with Crippen LogP contribution in [-0.2, 0) is 9.47 Å². The predicted molar refractivity (Wildman–Crippen MR) is 57.8 cm³/mol. The van der Waals surface area contributed by atoms with E-state index in [0.717, 1.165) is 4.88 Å². The number of methoxy groups -OCH3 is 2. The highest BCUT2D eigenvalue weighted by Gasteiger charge is 1.95. The molecule has 0 fully saturated rings. The van der Waals surface area contributed by atoms with Crippen LogP contribution in [0.1, 0.15) is 23.5 Å². The zero-order chi connectivity index (χ0) is 11.0. The van der Waals surface area contributed by atoms with Gasteiger partial charge < -0.3 is 9.47 Å². The van der Waals surface area contributed by atoms with Gasteiger partial charge in [-0.2, -0.15) is 0 Å². The van der Waals surface area contributed by atoms with Crippen LogP contribution >= 0.6 is 11.3 Å². The summed E-state index contributed by atoms with van der Waals surface area (Å²) in [5, 5.41) is 1.90. The van der Waals surface area contributed by atoms with Gasteiger partial charge in [-0.1, -0.05) is 6.07 Å². The summed E-state index contributed by atoms with van der Waals surface area (Å²) in [6, 6.07) is 3.70. The summed E-state index contributed by atoms with van der Waals surface area (Å²) in [7, 11) is 3.21. The summed E-state index contributed by atoms with van der Waals surface area (Å²) < 4.78 is 9.35. The summed E-state index contributed by atoms with van der Waals surface area (Å²) in [5.41, 5.74) is 0. The van der Waals surface area contributed by atoms with Crippen LogP contribution in [0.25, 0.3) is 0 Å². The fourth-order valence-corrected chi connectivity index (χ4v) is 1.20. The highest BCUT2D eigenvalue weighted by molar-refractivity contribution is 7.12. The molecule has 14 heavy (non-hydrogen) atoms. The zero-order valence-electron chi connectivity index (χ0n) is 8.94. The van der Waals surface area contributed by atoms with E-state index < -0.39 is 0 Å².